The number of primary amides is 1. The van der Waals surface area contributed by atoms with Crippen molar-refractivity contribution < 1.29 is 19.8 Å². The van der Waals surface area contributed by atoms with Gasteiger partial charge >= 0.3 is 0 Å². The van der Waals surface area contributed by atoms with E-state index in [4.69, 9.17) is 5.73 Å². The molecular formula is C23H38N2O4S. The molecule has 7 heteroatoms. The summed E-state index contributed by atoms with van der Waals surface area (Å²) in [5.74, 6) is -0.0387. The normalized spacial score (nSPS) is 18.2. The number of hydrogen-bond donors (Lipinski definition) is 3. The second-order valence-electron chi connectivity index (χ2n) is 9.06. The molecule has 0 bridgehead atoms. The summed E-state index contributed by atoms with van der Waals surface area (Å²) in [5.41, 5.74) is 5.27. The minimum Gasteiger partial charge on any atom is -0.390 e. The quantitative estimate of drug-likeness (QED) is 0.465. The van der Waals surface area contributed by atoms with Gasteiger partial charge in [0.1, 0.15) is 6.10 Å². The highest BCUT2D eigenvalue weighted by Gasteiger charge is 2.36. The minimum absolute atomic E-state index is 0.0133. The van der Waals surface area contributed by atoms with Crippen LogP contribution in [0.5, 0.6) is 0 Å². The molecule has 30 heavy (non-hydrogen) atoms. The van der Waals surface area contributed by atoms with Crippen molar-refractivity contribution in [1.82, 2.24) is 4.90 Å². The number of carbonyl (C=O) groups is 2. The van der Waals surface area contributed by atoms with Crippen molar-refractivity contribution in [2.45, 2.75) is 96.4 Å². The standard InChI is InChI=1S/C23H38N2O4S/c1-16(2)13-20(26)23(29)19(14-17-7-4-3-5-8-17)25(15-18-9-6-12-30-18)22(28)11-10-21(24)27/h6,9,12,16-17,19-20,23,26,29H,3-5,7-8,10-11,13-15H2,1-2H3,(H2,24,27)/t19-,20-,23+/m0/s1. The monoisotopic (exact) mass is 438 g/mol. The number of thiophene rings is 1. The van der Waals surface area contributed by atoms with Crippen LogP contribution in [0.15, 0.2) is 17.5 Å². The van der Waals surface area contributed by atoms with Gasteiger partial charge in [0.15, 0.2) is 0 Å². The molecule has 6 nitrogen and oxygen atoms in total. The van der Waals surface area contributed by atoms with Crippen LogP contribution in [-0.4, -0.2) is 45.2 Å². The molecule has 1 fully saturated rings. The Morgan fingerprint density at radius 2 is 1.90 bits per heavy atom. The Hall–Kier alpha value is -1.44. The van der Waals surface area contributed by atoms with E-state index >= 15 is 0 Å². The molecule has 0 aromatic carbocycles. The number of nitrogens with zero attached hydrogens (tertiary/aromatic N) is 1. The molecule has 4 N–H and O–H groups in total. The van der Waals surface area contributed by atoms with Crippen LogP contribution in [0, 0.1) is 11.8 Å². The van der Waals surface area contributed by atoms with Gasteiger partial charge in [-0.25, -0.2) is 0 Å². The Morgan fingerprint density at radius 3 is 2.47 bits per heavy atom. The molecule has 1 aromatic rings. The molecule has 0 saturated heterocycles. The molecule has 1 aliphatic carbocycles. The zero-order valence-electron chi connectivity index (χ0n) is 18.3. The average molecular weight is 439 g/mol. The van der Waals surface area contributed by atoms with Crippen molar-refractivity contribution in [3.8, 4) is 0 Å². The van der Waals surface area contributed by atoms with Gasteiger partial charge in [-0.3, -0.25) is 9.59 Å². The van der Waals surface area contributed by atoms with Gasteiger partial charge in [-0.05, 0) is 36.1 Å². The number of aliphatic hydroxyl groups is 2. The Kier molecular flexibility index (Phi) is 10.3. The summed E-state index contributed by atoms with van der Waals surface area (Å²) in [7, 11) is 0. The summed E-state index contributed by atoms with van der Waals surface area (Å²) >= 11 is 1.56. The molecule has 1 heterocycles. The summed E-state index contributed by atoms with van der Waals surface area (Å²) in [6.07, 6.45) is 4.99. The van der Waals surface area contributed by atoms with E-state index in [2.05, 4.69) is 0 Å². The van der Waals surface area contributed by atoms with Crippen LogP contribution in [0.1, 0.15) is 76.5 Å². The van der Waals surface area contributed by atoms with E-state index in [1.807, 2.05) is 31.4 Å². The van der Waals surface area contributed by atoms with Gasteiger partial charge in [-0.1, -0.05) is 52.0 Å². The lowest BCUT2D eigenvalue weighted by molar-refractivity contribution is -0.142. The molecule has 0 unspecified atom stereocenters. The van der Waals surface area contributed by atoms with Crippen LogP contribution in [0.4, 0.5) is 0 Å². The topological polar surface area (TPSA) is 104 Å². The molecule has 1 aliphatic rings. The lowest BCUT2D eigenvalue weighted by Crippen LogP contribution is -2.52. The molecular weight excluding hydrogens is 400 g/mol. The highest BCUT2D eigenvalue weighted by atomic mass is 32.1. The van der Waals surface area contributed by atoms with Crippen LogP contribution in [0.3, 0.4) is 0 Å². The van der Waals surface area contributed by atoms with Gasteiger partial charge < -0.3 is 20.8 Å². The minimum atomic E-state index is -1.02. The van der Waals surface area contributed by atoms with Gasteiger partial charge in [0, 0.05) is 17.7 Å². The Morgan fingerprint density at radius 1 is 1.20 bits per heavy atom. The second kappa shape index (κ2) is 12.4. The van der Waals surface area contributed by atoms with Crippen molar-refractivity contribution in [3.05, 3.63) is 22.4 Å². The third-order valence-corrected chi connectivity index (χ3v) is 6.87. The zero-order valence-corrected chi connectivity index (χ0v) is 19.2. The summed E-state index contributed by atoms with van der Waals surface area (Å²) in [6.45, 7) is 4.39. The maximum Gasteiger partial charge on any atom is 0.223 e. The van der Waals surface area contributed by atoms with E-state index in [0.29, 0.717) is 25.3 Å². The summed E-state index contributed by atoms with van der Waals surface area (Å²) in [6, 6.07) is 3.42. The maximum absolute atomic E-state index is 13.1. The number of rotatable bonds is 12. The SMILES string of the molecule is CC(C)C[C@H](O)[C@H](O)[C@H](CC1CCCCC1)N(Cc1cccs1)C(=O)CCC(N)=O. The molecule has 170 valence electrons. The van der Waals surface area contributed by atoms with E-state index in [-0.39, 0.29) is 24.7 Å². The molecule has 0 radical (unpaired) electrons. The van der Waals surface area contributed by atoms with E-state index < -0.39 is 24.2 Å². The van der Waals surface area contributed by atoms with Crippen molar-refractivity contribution >= 4 is 23.2 Å². The number of nitrogens with two attached hydrogens (primary N) is 1. The highest BCUT2D eigenvalue weighted by Crippen LogP contribution is 2.32. The first-order valence-corrected chi connectivity index (χ1v) is 12.1. The van der Waals surface area contributed by atoms with Crippen LogP contribution < -0.4 is 5.73 Å². The molecule has 2 amide bonds. The van der Waals surface area contributed by atoms with Crippen molar-refractivity contribution in [1.29, 1.82) is 0 Å². The number of hydrogen-bond acceptors (Lipinski definition) is 5. The van der Waals surface area contributed by atoms with Crippen LogP contribution in [0.2, 0.25) is 0 Å². The molecule has 0 spiro atoms. The van der Waals surface area contributed by atoms with Crippen molar-refractivity contribution in [3.63, 3.8) is 0 Å². The van der Waals surface area contributed by atoms with Crippen molar-refractivity contribution in [2.24, 2.45) is 17.6 Å². The number of aliphatic hydroxyl groups excluding tert-OH is 2. The summed E-state index contributed by atoms with van der Waals surface area (Å²) in [4.78, 5) is 27.1. The van der Waals surface area contributed by atoms with Crippen LogP contribution >= 0.6 is 11.3 Å². The summed E-state index contributed by atoms with van der Waals surface area (Å²) < 4.78 is 0. The van der Waals surface area contributed by atoms with E-state index in [1.54, 1.807) is 16.2 Å². The fourth-order valence-corrected chi connectivity index (χ4v) is 5.13. The third-order valence-electron chi connectivity index (χ3n) is 6.01. The average Bonchev–Trinajstić information content (AvgIpc) is 3.21. The van der Waals surface area contributed by atoms with Gasteiger partial charge in [0.25, 0.3) is 0 Å². The van der Waals surface area contributed by atoms with Crippen molar-refractivity contribution in [2.75, 3.05) is 0 Å². The molecule has 2 rings (SSSR count). The summed E-state index contributed by atoms with van der Waals surface area (Å²) in [5, 5.41) is 23.8. The predicted molar refractivity (Wildman–Crippen MR) is 120 cm³/mol. The first kappa shape index (κ1) is 24.8. The van der Waals surface area contributed by atoms with Gasteiger partial charge in [0.2, 0.25) is 11.8 Å². The van der Waals surface area contributed by atoms with Crippen LogP contribution in [0.25, 0.3) is 0 Å². The van der Waals surface area contributed by atoms with Gasteiger partial charge in [-0.15, -0.1) is 11.3 Å². The van der Waals surface area contributed by atoms with E-state index in [1.165, 1.54) is 19.3 Å². The molecule has 0 aliphatic heterocycles. The molecule has 1 saturated carbocycles. The smallest absolute Gasteiger partial charge is 0.223 e. The van der Waals surface area contributed by atoms with Crippen LogP contribution in [-0.2, 0) is 16.1 Å². The van der Waals surface area contributed by atoms with Gasteiger partial charge in [-0.2, -0.15) is 0 Å². The lowest BCUT2D eigenvalue weighted by Gasteiger charge is -2.39. The third kappa shape index (κ3) is 8.00. The lowest BCUT2D eigenvalue weighted by atomic mass is 9.82. The second-order valence-corrected chi connectivity index (χ2v) is 10.1. The van der Waals surface area contributed by atoms with E-state index in [0.717, 1.165) is 17.7 Å². The number of carbonyl (C=O) groups excluding carboxylic acids is 2. The van der Waals surface area contributed by atoms with Gasteiger partial charge in [0.05, 0.1) is 18.7 Å². The first-order chi connectivity index (χ1) is 14.3. The molecule has 3 atom stereocenters. The Labute approximate surface area is 184 Å². The Bertz CT molecular complexity index is 644. The first-order valence-electron chi connectivity index (χ1n) is 11.2. The zero-order chi connectivity index (χ0) is 22.1. The van der Waals surface area contributed by atoms with E-state index in [9.17, 15) is 19.8 Å². The fourth-order valence-electron chi connectivity index (χ4n) is 4.43. The number of amides is 2. The largest absolute Gasteiger partial charge is 0.390 e. The molecule has 1 aromatic heterocycles. The maximum atomic E-state index is 13.1. The highest BCUT2D eigenvalue weighted by molar-refractivity contribution is 7.09. The Balaban J connectivity index is 2.27. The predicted octanol–water partition coefficient (Wildman–Crippen LogP) is 3.45. The fraction of sp³-hybridized carbons (Fsp3) is 0.739.